The Bertz CT molecular complexity index is 1390. The molecule has 12 nitrogen and oxygen atoms in total. The Morgan fingerprint density at radius 3 is 1.79 bits per heavy atom. The summed E-state index contributed by atoms with van der Waals surface area (Å²) in [5.41, 5.74) is 0.769. The summed E-state index contributed by atoms with van der Waals surface area (Å²) in [6, 6.07) is 8.88. The van der Waals surface area contributed by atoms with Gasteiger partial charge in [-0.3, -0.25) is 4.79 Å². The number of sulfonamides is 2. The number of amides is 1. The van der Waals surface area contributed by atoms with Gasteiger partial charge in [-0.05, 0) is 48.4 Å². The van der Waals surface area contributed by atoms with Crippen LogP contribution in [0.3, 0.4) is 0 Å². The van der Waals surface area contributed by atoms with Crippen LogP contribution in [0, 0.1) is 0 Å². The molecule has 2 aliphatic heterocycles. The van der Waals surface area contributed by atoms with Crippen molar-refractivity contribution in [3.05, 3.63) is 42.0 Å². The first-order chi connectivity index (χ1) is 18.7. The average molecular weight is 584 g/mol. The number of morpholine rings is 2. The van der Waals surface area contributed by atoms with Gasteiger partial charge in [-0.1, -0.05) is 0 Å². The Kier molecular flexibility index (Phi) is 9.46. The van der Waals surface area contributed by atoms with Crippen LogP contribution < -0.4 is 14.8 Å². The highest BCUT2D eigenvalue weighted by Crippen LogP contribution is 2.30. The third kappa shape index (κ3) is 6.70. The van der Waals surface area contributed by atoms with E-state index in [9.17, 15) is 21.6 Å². The van der Waals surface area contributed by atoms with Crippen LogP contribution in [-0.2, 0) is 40.7 Å². The maximum Gasteiger partial charge on any atom is 0.243 e. The van der Waals surface area contributed by atoms with Crippen LogP contribution in [0.1, 0.15) is 12.0 Å². The van der Waals surface area contributed by atoms with Crippen LogP contribution in [0.25, 0.3) is 0 Å². The van der Waals surface area contributed by atoms with E-state index in [2.05, 4.69) is 5.32 Å². The summed E-state index contributed by atoms with van der Waals surface area (Å²) in [5, 5.41) is 2.73. The van der Waals surface area contributed by atoms with Crippen LogP contribution in [0.5, 0.6) is 11.5 Å². The molecule has 214 valence electrons. The molecule has 39 heavy (non-hydrogen) atoms. The molecule has 2 aliphatic rings. The van der Waals surface area contributed by atoms with Gasteiger partial charge < -0.3 is 24.3 Å². The molecule has 0 saturated carbocycles. The van der Waals surface area contributed by atoms with E-state index in [1.165, 1.54) is 53.2 Å². The lowest BCUT2D eigenvalue weighted by molar-refractivity contribution is -0.116. The fourth-order valence-electron chi connectivity index (χ4n) is 4.39. The highest BCUT2D eigenvalue weighted by Gasteiger charge is 2.28. The summed E-state index contributed by atoms with van der Waals surface area (Å²) in [5.74, 6) is 0.359. The molecule has 0 aromatic heterocycles. The third-order valence-corrected chi connectivity index (χ3v) is 10.3. The summed E-state index contributed by atoms with van der Waals surface area (Å²) in [6.07, 6.45) is 0.177. The molecule has 4 rings (SSSR count). The molecule has 2 aromatic rings. The molecule has 0 unspecified atom stereocenters. The van der Waals surface area contributed by atoms with Crippen LogP contribution in [-0.4, -0.2) is 98.2 Å². The summed E-state index contributed by atoms with van der Waals surface area (Å²) in [4.78, 5) is 13.1. The summed E-state index contributed by atoms with van der Waals surface area (Å²) < 4.78 is 76.3. The molecular weight excluding hydrogens is 550 g/mol. The van der Waals surface area contributed by atoms with E-state index < -0.39 is 26.0 Å². The van der Waals surface area contributed by atoms with Crippen LogP contribution >= 0.6 is 0 Å². The monoisotopic (exact) mass is 583 g/mol. The molecule has 0 bridgehead atoms. The van der Waals surface area contributed by atoms with E-state index >= 15 is 0 Å². The first-order valence-electron chi connectivity index (χ1n) is 12.5. The van der Waals surface area contributed by atoms with E-state index in [0.717, 1.165) is 0 Å². The van der Waals surface area contributed by atoms with Crippen molar-refractivity contribution in [2.45, 2.75) is 22.6 Å². The van der Waals surface area contributed by atoms with E-state index in [1.807, 2.05) is 0 Å². The number of anilines is 1. The van der Waals surface area contributed by atoms with Crippen molar-refractivity contribution in [1.29, 1.82) is 0 Å². The fraction of sp³-hybridized carbons (Fsp3) is 0.480. The number of carbonyl (C=O) groups is 1. The zero-order valence-corrected chi connectivity index (χ0v) is 23.6. The molecule has 14 heteroatoms. The topological polar surface area (TPSA) is 141 Å². The summed E-state index contributed by atoms with van der Waals surface area (Å²) in [7, 11) is -4.60. The number of rotatable bonds is 10. The third-order valence-electron chi connectivity index (χ3n) is 6.53. The second-order valence-electron chi connectivity index (χ2n) is 8.92. The van der Waals surface area contributed by atoms with E-state index in [0.29, 0.717) is 43.5 Å². The second kappa shape index (κ2) is 12.6. The Hall–Kier alpha value is -2.75. The largest absolute Gasteiger partial charge is 0.496 e. The van der Waals surface area contributed by atoms with Crippen molar-refractivity contribution < 1.29 is 40.6 Å². The van der Waals surface area contributed by atoms with Crippen molar-refractivity contribution in [2.75, 3.05) is 72.1 Å². The molecular formula is C25H33N3O9S2. The Morgan fingerprint density at radius 1 is 0.795 bits per heavy atom. The zero-order valence-electron chi connectivity index (χ0n) is 21.9. The lowest BCUT2D eigenvalue weighted by Gasteiger charge is -2.26. The lowest BCUT2D eigenvalue weighted by atomic mass is 10.1. The first kappa shape index (κ1) is 29.2. The number of methoxy groups -OCH3 is 2. The summed E-state index contributed by atoms with van der Waals surface area (Å²) >= 11 is 0. The maximum absolute atomic E-state index is 13.1. The Balaban J connectivity index is 1.49. The molecule has 0 radical (unpaired) electrons. The standard InChI is InChI=1S/C25H33N3O9S2/c1-34-23-6-4-20(38(30,31)27-9-13-36-14-10-27)17-19(23)3-8-25(29)26-22-18-21(5-7-24(22)35-2)39(32,33)28-11-15-37-16-12-28/h4-7,17-18H,3,8-16H2,1-2H3,(H,26,29). The molecule has 1 N–H and O–H groups in total. The minimum Gasteiger partial charge on any atom is -0.496 e. The number of hydrogen-bond donors (Lipinski definition) is 1. The number of nitrogens with zero attached hydrogens (tertiary/aromatic N) is 2. The highest BCUT2D eigenvalue weighted by molar-refractivity contribution is 7.89. The maximum atomic E-state index is 13.1. The average Bonchev–Trinajstić information content (AvgIpc) is 2.96. The number of carbonyl (C=O) groups excluding carboxylic acids is 1. The molecule has 0 aliphatic carbocycles. The number of aryl methyl sites for hydroxylation is 1. The Morgan fingerprint density at radius 2 is 1.28 bits per heavy atom. The molecule has 2 fully saturated rings. The van der Waals surface area contributed by atoms with E-state index in [4.69, 9.17) is 18.9 Å². The van der Waals surface area contributed by atoms with Crippen LogP contribution in [0.4, 0.5) is 5.69 Å². The van der Waals surface area contributed by atoms with Gasteiger partial charge in [0.2, 0.25) is 26.0 Å². The van der Waals surface area contributed by atoms with Crippen molar-refractivity contribution in [2.24, 2.45) is 0 Å². The lowest BCUT2D eigenvalue weighted by Crippen LogP contribution is -2.40. The minimum absolute atomic E-state index is 0.0129. The normalized spacial score (nSPS) is 17.5. The van der Waals surface area contributed by atoms with Crippen molar-refractivity contribution in [3.8, 4) is 11.5 Å². The summed E-state index contributed by atoms with van der Waals surface area (Å²) in [6.45, 7) is 2.34. The number of benzene rings is 2. The van der Waals surface area contributed by atoms with Gasteiger partial charge in [0.1, 0.15) is 11.5 Å². The van der Waals surface area contributed by atoms with Gasteiger partial charge in [0.05, 0.1) is 56.1 Å². The van der Waals surface area contributed by atoms with E-state index in [1.54, 1.807) is 6.07 Å². The van der Waals surface area contributed by atoms with Gasteiger partial charge in [0.25, 0.3) is 0 Å². The zero-order chi connectivity index (χ0) is 28.0. The molecule has 2 saturated heterocycles. The second-order valence-corrected chi connectivity index (χ2v) is 12.8. The van der Waals surface area contributed by atoms with Gasteiger partial charge in [-0.15, -0.1) is 0 Å². The number of nitrogens with one attached hydrogen (secondary N) is 1. The van der Waals surface area contributed by atoms with Gasteiger partial charge in [0.15, 0.2) is 0 Å². The molecule has 2 heterocycles. The van der Waals surface area contributed by atoms with Crippen molar-refractivity contribution in [1.82, 2.24) is 8.61 Å². The number of hydrogen-bond acceptors (Lipinski definition) is 9. The predicted molar refractivity (Wildman–Crippen MR) is 142 cm³/mol. The fourth-order valence-corrected chi connectivity index (χ4v) is 7.28. The molecule has 0 atom stereocenters. The van der Waals surface area contributed by atoms with Crippen molar-refractivity contribution in [3.63, 3.8) is 0 Å². The van der Waals surface area contributed by atoms with Gasteiger partial charge >= 0.3 is 0 Å². The smallest absolute Gasteiger partial charge is 0.243 e. The first-order valence-corrected chi connectivity index (χ1v) is 15.4. The van der Waals surface area contributed by atoms with Gasteiger partial charge in [0, 0.05) is 32.6 Å². The quantitative estimate of drug-likeness (QED) is 0.438. The minimum atomic E-state index is -3.78. The van der Waals surface area contributed by atoms with Gasteiger partial charge in [-0.25, -0.2) is 16.8 Å². The highest BCUT2D eigenvalue weighted by atomic mass is 32.2. The van der Waals surface area contributed by atoms with Crippen LogP contribution in [0.2, 0.25) is 0 Å². The Labute approximate surface area is 228 Å². The van der Waals surface area contributed by atoms with Crippen molar-refractivity contribution >= 4 is 31.6 Å². The van der Waals surface area contributed by atoms with Gasteiger partial charge in [-0.2, -0.15) is 8.61 Å². The van der Waals surface area contributed by atoms with Crippen LogP contribution in [0.15, 0.2) is 46.2 Å². The molecule has 1 amide bonds. The number of ether oxygens (including phenoxy) is 4. The predicted octanol–water partition coefficient (Wildman–Crippen LogP) is 1.32. The van der Waals surface area contributed by atoms with E-state index in [-0.39, 0.29) is 54.5 Å². The SMILES string of the molecule is COc1ccc(S(=O)(=O)N2CCOCC2)cc1CCC(=O)Nc1cc(S(=O)(=O)N2CCOCC2)ccc1OC. The molecule has 0 spiro atoms. The molecule has 2 aromatic carbocycles.